The molecule has 1 aromatic heterocycles. The summed E-state index contributed by atoms with van der Waals surface area (Å²) in [6.45, 7) is 3.77. The fraction of sp³-hybridized carbons (Fsp3) is 0.545. The van der Waals surface area contributed by atoms with Crippen molar-refractivity contribution in [2.75, 3.05) is 13.6 Å². The number of aromatic nitrogens is 1. The molecule has 1 heterocycles. The molecule has 5 nitrogen and oxygen atoms in total. The summed E-state index contributed by atoms with van der Waals surface area (Å²) in [5.41, 5.74) is 5.74. The van der Waals surface area contributed by atoms with Gasteiger partial charge in [-0.25, -0.2) is 4.98 Å². The Balaban J connectivity index is 2.58. The van der Waals surface area contributed by atoms with Gasteiger partial charge >= 0.3 is 0 Å². The van der Waals surface area contributed by atoms with E-state index < -0.39 is 6.04 Å². The number of Topliss-reactive ketones (excluding diaryl/α,β-unsaturated/α-hetero) is 1. The van der Waals surface area contributed by atoms with Gasteiger partial charge in [-0.3, -0.25) is 9.59 Å². The van der Waals surface area contributed by atoms with Crippen LogP contribution in [-0.4, -0.2) is 41.2 Å². The minimum atomic E-state index is -0.566. The number of hydrogen-bond acceptors (Lipinski definition) is 5. The van der Waals surface area contributed by atoms with Crippen molar-refractivity contribution in [3.05, 3.63) is 16.6 Å². The fourth-order valence-corrected chi connectivity index (χ4v) is 1.83. The van der Waals surface area contributed by atoms with Gasteiger partial charge < -0.3 is 10.6 Å². The molecule has 2 N–H and O–H groups in total. The van der Waals surface area contributed by atoms with Crippen molar-refractivity contribution in [2.45, 2.75) is 19.9 Å². The molecule has 0 radical (unpaired) electrons. The topological polar surface area (TPSA) is 76.3 Å². The van der Waals surface area contributed by atoms with E-state index in [9.17, 15) is 9.59 Å². The number of carbonyl (C=O) groups excluding carboxylic acids is 2. The number of likely N-dealkylation sites (N-methyl/N-ethyl adjacent to an activating group) is 1. The quantitative estimate of drug-likeness (QED) is 0.788. The molecule has 1 rings (SSSR count). The van der Waals surface area contributed by atoms with Gasteiger partial charge in [-0.15, -0.1) is 11.3 Å². The van der Waals surface area contributed by atoms with Gasteiger partial charge in [0.05, 0.1) is 12.6 Å². The molecule has 0 saturated heterocycles. The molecule has 1 amide bonds. The Morgan fingerprint density at radius 1 is 1.53 bits per heavy atom. The number of rotatable bonds is 5. The van der Waals surface area contributed by atoms with E-state index in [0.717, 1.165) is 0 Å². The van der Waals surface area contributed by atoms with Gasteiger partial charge in [-0.1, -0.05) is 13.8 Å². The van der Waals surface area contributed by atoms with Crippen LogP contribution in [0.1, 0.15) is 23.6 Å². The third-order valence-corrected chi connectivity index (χ3v) is 3.25. The summed E-state index contributed by atoms with van der Waals surface area (Å²) in [5.74, 6) is -0.323. The molecule has 1 unspecified atom stereocenters. The van der Waals surface area contributed by atoms with Gasteiger partial charge in [0.25, 0.3) is 0 Å². The van der Waals surface area contributed by atoms with Crippen molar-refractivity contribution < 1.29 is 9.59 Å². The summed E-state index contributed by atoms with van der Waals surface area (Å²) in [6, 6.07) is -0.566. The van der Waals surface area contributed by atoms with Gasteiger partial charge in [0.2, 0.25) is 11.7 Å². The largest absolute Gasteiger partial charge is 0.337 e. The summed E-state index contributed by atoms with van der Waals surface area (Å²) in [7, 11) is 1.58. The van der Waals surface area contributed by atoms with E-state index in [4.69, 9.17) is 5.73 Å². The minimum absolute atomic E-state index is 0.0206. The van der Waals surface area contributed by atoms with E-state index in [2.05, 4.69) is 4.98 Å². The van der Waals surface area contributed by atoms with Gasteiger partial charge in [0.15, 0.2) is 5.01 Å². The predicted octanol–water partition coefficient (Wildman–Crippen LogP) is 0.767. The molecule has 1 atom stereocenters. The lowest BCUT2D eigenvalue weighted by molar-refractivity contribution is -0.131. The van der Waals surface area contributed by atoms with Crippen LogP contribution >= 0.6 is 11.3 Å². The number of thiazole rings is 1. The second-order valence-electron chi connectivity index (χ2n) is 4.22. The van der Waals surface area contributed by atoms with Crippen molar-refractivity contribution >= 4 is 23.0 Å². The first-order chi connectivity index (χ1) is 7.93. The number of amides is 1. The Hall–Kier alpha value is -1.27. The smallest absolute Gasteiger partial charge is 0.239 e. The Bertz CT molecular complexity index is 389. The third-order valence-electron chi connectivity index (χ3n) is 2.43. The average Bonchev–Trinajstić information content (AvgIpc) is 2.80. The Morgan fingerprint density at radius 2 is 2.18 bits per heavy atom. The molecular weight excluding hydrogens is 238 g/mol. The van der Waals surface area contributed by atoms with Crippen LogP contribution in [0.5, 0.6) is 0 Å². The monoisotopic (exact) mass is 255 g/mol. The van der Waals surface area contributed by atoms with E-state index in [1.54, 1.807) is 18.6 Å². The maximum atomic E-state index is 11.8. The molecule has 0 aliphatic heterocycles. The number of carbonyl (C=O) groups is 2. The van der Waals surface area contributed by atoms with E-state index in [0.29, 0.717) is 5.01 Å². The van der Waals surface area contributed by atoms with Crippen molar-refractivity contribution in [1.29, 1.82) is 0 Å². The number of nitrogens with two attached hydrogens (primary N) is 1. The van der Waals surface area contributed by atoms with Crippen LogP contribution in [-0.2, 0) is 4.79 Å². The molecule has 0 aromatic carbocycles. The zero-order chi connectivity index (χ0) is 13.0. The average molecular weight is 255 g/mol. The van der Waals surface area contributed by atoms with Crippen LogP contribution in [0, 0.1) is 5.92 Å². The summed E-state index contributed by atoms with van der Waals surface area (Å²) in [4.78, 5) is 28.8. The number of ketones is 1. The van der Waals surface area contributed by atoms with Crippen LogP contribution in [0.3, 0.4) is 0 Å². The zero-order valence-corrected chi connectivity index (χ0v) is 11.0. The van der Waals surface area contributed by atoms with Crippen molar-refractivity contribution in [3.8, 4) is 0 Å². The lowest BCUT2D eigenvalue weighted by Crippen LogP contribution is -2.46. The molecule has 1 aromatic rings. The molecule has 6 heteroatoms. The van der Waals surface area contributed by atoms with Gasteiger partial charge in [-0.2, -0.15) is 0 Å². The van der Waals surface area contributed by atoms with Gasteiger partial charge in [0.1, 0.15) is 0 Å². The molecule has 94 valence electrons. The predicted molar refractivity (Wildman–Crippen MR) is 66.9 cm³/mol. The van der Waals surface area contributed by atoms with Crippen LogP contribution in [0.25, 0.3) is 0 Å². The summed E-state index contributed by atoms with van der Waals surface area (Å²) in [5, 5.41) is 2.15. The number of hydrogen-bond donors (Lipinski definition) is 1. The van der Waals surface area contributed by atoms with Crippen LogP contribution < -0.4 is 5.73 Å². The van der Waals surface area contributed by atoms with E-state index in [1.165, 1.54) is 16.2 Å². The minimum Gasteiger partial charge on any atom is -0.337 e. The normalized spacial score (nSPS) is 12.5. The van der Waals surface area contributed by atoms with Crippen molar-refractivity contribution in [1.82, 2.24) is 9.88 Å². The van der Waals surface area contributed by atoms with Crippen molar-refractivity contribution in [3.63, 3.8) is 0 Å². The van der Waals surface area contributed by atoms with Gasteiger partial charge in [0, 0.05) is 18.6 Å². The first kappa shape index (κ1) is 13.8. The molecule has 0 bridgehead atoms. The highest BCUT2D eigenvalue weighted by Crippen LogP contribution is 2.07. The Labute approximate surface area is 105 Å². The first-order valence-electron chi connectivity index (χ1n) is 5.36. The zero-order valence-electron chi connectivity index (χ0n) is 10.2. The summed E-state index contributed by atoms with van der Waals surface area (Å²) < 4.78 is 0. The molecule has 0 saturated carbocycles. The summed E-state index contributed by atoms with van der Waals surface area (Å²) in [6.07, 6.45) is 1.57. The van der Waals surface area contributed by atoms with E-state index >= 15 is 0 Å². The molecular formula is C11H17N3O2S. The highest BCUT2D eigenvalue weighted by Gasteiger charge is 2.23. The second-order valence-corrected chi connectivity index (χ2v) is 5.12. The van der Waals surface area contributed by atoms with Crippen molar-refractivity contribution in [2.24, 2.45) is 11.7 Å². The lowest BCUT2D eigenvalue weighted by Gasteiger charge is -2.22. The first-order valence-corrected chi connectivity index (χ1v) is 6.24. The highest BCUT2D eigenvalue weighted by atomic mass is 32.1. The third kappa shape index (κ3) is 3.61. The van der Waals surface area contributed by atoms with Gasteiger partial charge in [-0.05, 0) is 5.92 Å². The highest BCUT2D eigenvalue weighted by molar-refractivity contribution is 7.11. The van der Waals surface area contributed by atoms with Crippen LogP contribution in [0.2, 0.25) is 0 Å². The van der Waals surface area contributed by atoms with E-state index in [-0.39, 0.29) is 24.2 Å². The number of nitrogens with zero attached hydrogens (tertiary/aromatic N) is 2. The molecule has 0 spiro atoms. The van der Waals surface area contributed by atoms with E-state index in [1.807, 2.05) is 13.8 Å². The molecule has 17 heavy (non-hydrogen) atoms. The lowest BCUT2D eigenvalue weighted by atomic mass is 10.0. The second kappa shape index (κ2) is 5.88. The Kier molecular flexibility index (Phi) is 4.77. The fourth-order valence-electron chi connectivity index (χ4n) is 1.26. The summed E-state index contributed by atoms with van der Waals surface area (Å²) >= 11 is 1.27. The van der Waals surface area contributed by atoms with Crippen LogP contribution in [0.4, 0.5) is 0 Å². The maximum Gasteiger partial charge on any atom is 0.239 e. The molecule has 0 fully saturated rings. The Morgan fingerprint density at radius 3 is 2.65 bits per heavy atom. The molecule has 0 aliphatic carbocycles. The maximum absolute atomic E-state index is 11.8. The molecule has 0 aliphatic rings. The SMILES string of the molecule is CC(C)C(N)C(=O)N(C)CC(=O)c1nccs1. The standard InChI is InChI=1S/C11H17N3O2S/c1-7(2)9(12)11(16)14(3)6-8(15)10-13-4-5-17-10/h4-5,7,9H,6,12H2,1-3H3. The van der Waals surface area contributed by atoms with Crippen LogP contribution in [0.15, 0.2) is 11.6 Å².